The molecule has 2 aromatic rings. The molecule has 0 bridgehead atoms. The molecule has 23 heavy (non-hydrogen) atoms. The third-order valence-electron chi connectivity index (χ3n) is 4.07. The maximum atomic E-state index is 12.3. The van der Waals surface area contributed by atoms with Crippen molar-refractivity contribution in [3.05, 3.63) is 52.6 Å². The first kappa shape index (κ1) is 15.7. The van der Waals surface area contributed by atoms with Crippen LogP contribution in [0, 0.1) is 6.92 Å². The largest absolute Gasteiger partial charge is 0.340 e. The van der Waals surface area contributed by atoms with Crippen LogP contribution in [0.25, 0.3) is 6.08 Å². The van der Waals surface area contributed by atoms with E-state index < -0.39 is 5.54 Å². The Balaban J connectivity index is 1.73. The second kappa shape index (κ2) is 6.54. The smallest absolute Gasteiger partial charge is 0.244 e. The number of carbonyl (C=O) groups excluding carboxylic acids is 1. The van der Waals surface area contributed by atoms with E-state index in [1.54, 1.807) is 25.1 Å². The van der Waals surface area contributed by atoms with Crippen molar-refractivity contribution in [1.82, 2.24) is 15.5 Å². The van der Waals surface area contributed by atoms with Gasteiger partial charge in [-0.1, -0.05) is 41.7 Å². The molecule has 1 heterocycles. The molecule has 1 aromatic heterocycles. The molecule has 3 rings (SSSR count). The molecule has 1 aromatic carbocycles. The monoisotopic (exact) mass is 331 g/mol. The molecule has 6 heteroatoms. The predicted molar refractivity (Wildman–Crippen MR) is 87.8 cm³/mol. The normalized spacial score (nSPS) is 16.8. The highest BCUT2D eigenvalue weighted by Crippen LogP contribution is 2.37. The molecule has 1 fully saturated rings. The van der Waals surface area contributed by atoms with Crippen molar-refractivity contribution < 1.29 is 9.32 Å². The van der Waals surface area contributed by atoms with Crippen molar-refractivity contribution in [1.29, 1.82) is 0 Å². The molecule has 0 saturated heterocycles. The number of hydrogen-bond acceptors (Lipinski definition) is 4. The number of amides is 1. The number of nitrogens with one attached hydrogen (secondary N) is 1. The fraction of sp³-hybridized carbons (Fsp3) is 0.353. The first-order chi connectivity index (χ1) is 11.1. The Hall–Kier alpha value is -2.14. The lowest BCUT2D eigenvalue weighted by atomic mass is 9.96. The molecule has 1 N–H and O–H groups in total. The number of carbonyl (C=O) groups is 1. The Morgan fingerprint density at radius 1 is 1.30 bits per heavy atom. The van der Waals surface area contributed by atoms with Gasteiger partial charge in [-0.15, -0.1) is 0 Å². The zero-order valence-corrected chi connectivity index (χ0v) is 13.6. The van der Waals surface area contributed by atoms with Gasteiger partial charge in [0.15, 0.2) is 5.82 Å². The van der Waals surface area contributed by atoms with E-state index in [0.717, 1.165) is 31.2 Å². The van der Waals surface area contributed by atoms with Gasteiger partial charge >= 0.3 is 0 Å². The quantitative estimate of drug-likeness (QED) is 0.869. The standard InChI is InChI=1S/C17H18ClN3O2/c1-12-19-16(21-23-12)17(10-2-3-11-17)20-15(22)9-6-13-4-7-14(18)8-5-13/h4-9H,2-3,10-11H2,1H3,(H,20,22)/b9-6+. The summed E-state index contributed by atoms with van der Waals surface area (Å²) in [6, 6.07) is 7.30. The van der Waals surface area contributed by atoms with Gasteiger partial charge in [0.1, 0.15) is 5.54 Å². The molecule has 1 amide bonds. The van der Waals surface area contributed by atoms with Crippen LogP contribution in [0.2, 0.25) is 5.02 Å². The molecule has 120 valence electrons. The third kappa shape index (κ3) is 3.62. The second-order valence-corrected chi connectivity index (χ2v) is 6.24. The number of nitrogens with zero attached hydrogens (tertiary/aromatic N) is 2. The fourth-order valence-electron chi connectivity index (χ4n) is 2.90. The molecule has 0 spiro atoms. The van der Waals surface area contributed by atoms with E-state index in [-0.39, 0.29) is 5.91 Å². The van der Waals surface area contributed by atoms with Gasteiger partial charge in [-0.3, -0.25) is 4.79 Å². The zero-order valence-electron chi connectivity index (χ0n) is 12.9. The van der Waals surface area contributed by atoms with Crippen LogP contribution in [-0.2, 0) is 10.3 Å². The zero-order chi connectivity index (χ0) is 16.3. The van der Waals surface area contributed by atoms with E-state index in [9.17, 15) is 4.79 Å². The SMILES string of the molecule is Cc1nc(C2(NC(=O)/C=C/c3ccc(Cl)cc3)CCCC2)no1. The number of halogens is 1. The van der Waals surface area contributed by atoms with Crippen molar-refractivity contribution in [3.8, 4) is 0 Å². The van der Waals surface area contributed by atoms with Crippen molar-refractivity contribution >= 4 is 23.6 Å². The van der Waals surface area contributed by atoms with Gasteiger partial charge in [-0.05, 0) is 36.6 Å². The summed E-state index contributed by atoms with van der Waals surface area (Å²) in [7, 11) is 0. The summed E-state index contributed by atoms with van der Waals surface area (Å²) in [4.78, 5) is 16.6. The Morgan fingerprint density at radius 3 is 2.61 bits per heavy atom. The first-order valence-electron chi connectivity index (χ1n) is 7.64. The Labute approximate surface area is 139 Å². The van der Waals surface area contributed by atoms with Crippen LogP contribution in [-0.4, -0.2) is 16.0 Å². The Morgan fingerprint density at radius 2 is 2.00 bits per heavy atom. The molecular weight excluding hydrogens is 314 g/mol. The van der Waals surface area contributed by atoms with Crippen molar-refractivity contribution in [2.75, 3.05) is 0 Å². The van der Waals surface area contributed by atoms with E-state index in [1.807, 2.05) is 12.1 Å². The van der Waals surface area contributed by atoms with Gasteiger partial charge in [0.2, 0.25) is 11.8 Å². The van der Waals surface area contributed by atoms with Crippen molar-refractivity contribution in [2.45, 2.75) is 38.1 Å². The molecule has 0 atom stereocenters. The molecule has 1 aliphatic carbocycles. The predicted octanol–water partition coefficient (Wildman–Crippen LogP) is 3.63. The minimum absolute atomic E-state index is 0.163. The first-order valence-corrected chi connectivity index (χ1v) is 8.02. The maximum absolute atomic E-state index is 12.3. The Bertz CT molecular complexity index is 716. The highest BCUT2D eigenvalue weighted by Gasteiger charge is 2.40. The lowest BCUT2D eigenvalue weighted by Gasteiger charge is -2.25. The lowest BCUT2D eigenvalue weighted by Crippen LogP contribution is -2.44. The molecule has 0 unspecified atom stereocenters. The lowest BCUT2D eigenvalue weighted by molar-refractivity contribution is -0.118. The van der Waals surface area contributed by atoms with Crippen molar-refractivity contribution in [3.63, 3.8) is 0 Å². The van der Waals surface area contributed by atoms with Crippen LogP contribution < -0.4 is 5.32 Å². The summed E-state index contributed by atoms with van der Waals surface area (Å²) < 4.78 is 5.08. The minimum Gasteiger partial charge on any atom is -0.340 e. The molecule has 1 saturated carbocycles. The summed E-state index contributed by atoms with van der Waals surface area (Å²) in [6.45, 7) is 1.75. The maximum Gasteiger partial charge on any atom is 0.244 e. The fourth-order valence-corrected chi connectivity index (χ4v) is 3.03. The van der Waals surface area contributed by atoms with Gasteiger partial charge in [0.05, 0.1) is 0 Å². The van der Waals surface area contributed by atoms with E-state index >= 15 is 0 Å². The van der Waals surface area contributed by atoms with Gasteiger partial charge in [-0.2, -0.15) is 4.98 Å². The summed E-state index contributed by atoms with van der Waals surface area (Å²) in [5.74, 6) is 0.919. The third-order valence-corrected chi connectivity index (χ3v) is 4.32. The number of rotatable bonds is 4. The van der Waals surface area contributed by atoms with Gasteiger partial charge in [-0.25, -0.2) is 0 Å². The highest BCUT2D eigenvalue weighted by atomic mass is 35.5. The van der Waals surface area contributed by atoms with Crippen LogP contribution in [0.1, 0.15) is 43.0 Å². The average molecular weight is 332 g/mol. The van der Waals surface area contributed by atoms with Gasteiger partial charge in [0.25, 0.3) is 0 Å². The molecule has 1 aliphatic rings. The van der Waals surface area contributed by atoms with Gasteiger partial charge in [0, 0.05) is 18.0 Å². The molecule has 0 aliphatic heterocycles. The molecular formula is C17H18ClN3O2. The molecule has 0 radical (unpaired) electrons. The van der Waals surface area contributed by atoms with Crippen molar-refractivity contribution in [2.24, 2.45) is 0 Å². The minimum atomic E-state index is -0.515. The summed E-state index contributed by atoms with van der Waals surface area (Å²) >= 11 is 5.85. The number of aromatic nitrogens is 2. The van der Waals surface area contributed by atoms with Gasteiger partial charge < -0.3 is 9.84 Å². The van der Waals surface area contributed by atoms with Crippen LogP contribution in [0.5, 0.6) is 0 Å². The van der Waals surface area contributed by atoms with E-state index in [1.165, 1.54) is 6.08 Å². The molecule has 5 nitrogen and oxygen atoms in total. The van der Waals surface area contributed by atoms with Crippen LogP contribution in [0.3, 0.4) is 0 Å². The summed E-state index contributed by atoms with van der Waals surface area (Å²) in [6.07, 6.45) is 7.01. The number of hydrogen-bond donors (Lipinski definition) is 1. The van der Waals surface area contributed by atoms with Crippen LogP contribution in [0.4, 0.5) is 0 Å². The number of benzene rings is 1. The average Bonchev–Trinajstić information content (AvgIpc) is 3.17. The Kier molecular flexibility index (Phi) is 4.48. The van der Waals surface area contributed by atoms with Crippen LogP contribution >= 0.6 is 11.6 Å². The van der Waals surface area contributed by atoms with E-state index in [4.69, 9.17) is 16.1 Å². The second-order valence-electron chi connectivity index (χ2n) is 5.80. The van der Waals surface area contributed by atoms with E-state index in [2.05, 4.69) is 15.5 Å². The van der Waals surface area contributed by atoms with E-state index in [0.29, 0.717) is 16.7 Å². The van der Waals surface area contributed by atoms with Crippen LogP contribution in [0.15, 0.2) is 34.9 Å². The summed E-state index contributed by atoms with van der Waals surface area (Å²) in [5.41, 5.74) is 0.402. The summed E-state index contributed by atoms with van der Waals surface area (Å²) in [5, 5.41) is 7.75. The number of aryl methyl sites for hydroxylation is 1. The topological polar surface area (TPSA) is 68.0 Å². The highest BCUT2D eigenvalue weighted by molar-refractivity contribution is 6.30.